The summed E-state index contributed by atoms with van der Waals surface area (Å²) in [5.41, 5.74) is -0.137. The average Bonchev–Trinajstić information content (AvgIpc) is 0.742. The van der Waals surface area contributed by atoms with Crippen molar-refractivity contribution in [1.82, 2.24) is 0 Å². The molecule has 4 saturated heterocycles. The minimum atomic E-state index is -3.85. The lowest BCUT2D eigenvalue weighted by Gasteiger charge is -2.52. The van der Waals surface area contributed by atoms with Gasteiger partial charge in [0.15, 0.2) is 86.2 Å². The van der Waals surface area contributed by atoms with Crippen LogP contribution in [0.1, 0.15) is 128 Å². The van der Waals surface area contributed by atoms with Crippen LogP contribution in [0.5, 0.6) is 0 Å². The van der Waals surface area contributed by atoms with Gasteiger partial charge in [0.1, 0.15) is 31.0 Å². The zero-order chi connectivity index (χ0) is 87.8. The van der Waals surface area contributed by atoms with Crippen molar-refractivity contribution in [3.63, 3.8) is 0 Å². The Labute approximate surface area is 711 Å². The van der Waals surface area contributed by atoms with E-state index in [0.717, 1.165) is 62.3 Å². The Bertz CT molecular complexity index is 4650. The molecule has 0 aliphatic carbocycles. The van der Waals surface area contributed by atoms with E-state index in [9.17, 15) is 28.8 Å². The quantitative estimate of drug-likeness (QED) is 0.0175. The third kappa shape index (κ3) is 21.7. The molecule has 4 aliphatic heterocycles. The molecule has 0 amide bonds. The smallest absolute Gasteiger partial charge is 0.338 e. The molecule has 4 heterocycles. The van der Waals surface area contributed by atoms with Crippen LogP contribution in [0.15, 0.2) is 212 Å². The molecule has 7 aromatic carbocycles. The van der Waals surface area contributed by atoms with Gasteiger partial charge in [-0.1, -0.05) is 223 Å². The van der Waals surface area contributed by atoms with Crippen molar-refractivity contribution in [2.45, 2.75) is 230 Å². The predicted molar refractivity (Wildman–Crippen MR) is 443 cm³/mol. The highest BCUT2D eigenvalue weighted by Gasteiger charge is 2.63. The zero-order valence-electron chi connectivity index (χ0n) is 70.4. The van der Waals surface area contributed by atoms with Gasteiger partial charge in [0.2, 0.25) is 0 Å². The van der Waals surface area contributed by atoms with Crippen LogP contribution < -0.4 is 20.7 Å². The van der Waals surface area contributed by atoms with E-state index in [1.807, 2.05) is 163 Å². The number of hydrogen-bond donors (Lipinski definition) is 0. The Morgan fingerprint density at radius 3 is 0.844 bits per heavy atom. The van der Waals surface area contributed by atoms with E-state index >= 15 is 14.4 Å². The number of esters is 9. The normalized spacial score (nSPS) is 26.7. The van der Waals surface area contributed by atoms with Crippen molar-refractivity contribution in [2.75, 3.05) is 19.8 Å². The van der Waals surface area contributed by atoms with Crippen molar-refractivity contribution in [3.05, 3.63) is 229 Å². The molecule has 0 aromatic heterocycles. The Kier molecular flexibility index (Phi) is 31.0. The van der Waals surface area contributed by atoms with Crippen LogP contribution in [-0.2, 0) is 118 Å². The fourth-order valence-electron chi connectivity index (χ4n) is 16.1. The summed E-state index contributed by atoms with van der Waals surface area (Å²) in [5, 5.41) is 1.56. The van der Waals surface area contributed by atoms with Gasteiger partial charge in [-0.25, -0.2) is 14.4 Å². The van der Waals surface area contributed by atoms with Gasteiger partial charge in [-0.2, -0.15) is 0 Å². The Morgan fingerprint density at radius 1 is 0.311 bits per heavy atom. The topological polar surface area (TPSA) is 329 Å². The maximum atomic E-state index is 15.8. The van der Waals surface area contributed by atoms with Crippen LogP contribution in [0.2, 0.25) is 10.1 Å². The van der Waals surface area contributed by atoms with Crippen molar-refractivity contribution in [3.8, 4) is 12.3 Å². The Balaban J connectivity index is 1.21. The van der Waals surface area contributed by atoms with Crippen LogP contribution >= 0.6 is 0 Å². The van der Waals surface area contributed by atoms with Crippen LogP contribution in [-0.4, -0.2) is 213 Å². The summed E-state index contributed by atoms with van der Waals surface area (Å²) >= 11 is 0. The van der Waals surface area contributed by atoms with Gasteiger partial charge in [-0.15, -0.1) is 6.42 Å². The first-order valence-corrected chi connectivity index (χ1v) is 44.0. The number of carbonyl (C=O) groups is 9. The third-order valence-corrected chi connectivity index (χ3v) is 31.2. The van der Waals surface area contributed by atoms with Gasteiger partial charge < -0.3 is 89.4 Å². The van der Waals surface area contributed by atoms with Crippen molar-refractivity contribution in [2.24, 2.45) is 0 Å². The summed E-state index contributed by atoms with van der Waals surface area (Å²) in [6, 6.07) is 61.4. The van der Waals surface area contributed by atoms with Crippen molar-refractivity contribution in [1.29, 1.82) is 0 Å². The lowest BCUT2D eigenvalue weighted by Crippen LogP contribution is -2.71. The number of ether oxygens (including phenoxy) is 17. The molecule has 0 bridgehead atoms. The van der Waals surface area contributed by atoms with E-state index in [-0.39, 0.29) is 16.7 Å². The van der Waals surface area contributed by atoms with Crippen molar-refractivity contribution < 1.29 is 133 Å². The van der Waals surface area contributed by atoms with E-state index in [1.165, 1.54) is 50.2 Å². The Morgan fingerprint density at radius 2 is 0.549 bits per heavy atom. The summed E-state index contributed by atoms with van der Waals surface area (Å²) in [5.74, 6) is -6.07. The number of benzene rings is 7. The van der Waals surface area contributed by atoms with Crippen LogP contribution in [0.4, 0.5) is 0 Å². The molecule has 28 nitrogen and oxygen atoms in total. The molecule has 0 radical (unpaired) electrons. The maximum absolute atomic E-state index is 15.8. The van der Waals surface area contributed by atoms with Gasteiger partial charge in [-0.3, -0.25) is 28.8 Å². The molecular formula is C92H104O28Si2. The predicted octanol–water partition coefficient (Wildman–Crippen LogP) is 9.15. The minimum Gasteiger partial charge on any atom is -0.456 e. The fraction of sp³-hybridized carbons (Fsp3) is 0.424. The molecule has 0 unspecified atom stereocenters. The fourth-order valence-corrected chi connectivity index (χ4v) is 25.3. The first-order chi connectivity index (χ1) is 58.2. The van der Waals surface area contributed by atoms with Gasteiger partial charge in [-0.05, 0) is 81.1 Å². The molecule has 4 fully saturated rings. The molecule has 0 saturated carbocycles. The van der Waals surface area contributed by atoms with Gasteiger partial charge in [0, 0.05) is 41.5 Å². The van der Waals surface area contributed by atoms with Crippen LogP contribution in [0.3, 0.4) is 0 Å². The maximum Gasteiger partial charge on any atom is 0.338 e. The number of hydrogen-bond acceptors (Lipinski definition) is 28. The van der Waals surface area contributed by atoms with E-state index in [1.54, 1.807) is 54.6 Å². The van der Waals surface area contributed by atoms with Gasteiger partial charge in [0.25, 0.3) is 16.6 Å². The molecule has 7 aromatic rings. The molecular weight excluding hydrogens is 1610 g/mol. The monoisotopic (exact) mass is 1710 g/mol. The molecule has 30 heteroatoms. The number of carbonyl (C=O) groups excluding carboxylic acids is 9. The van der Waals surface area contributed by atoms with Crippen molar-refractivity contribution >= 4 is 91.1 Å². The molecule has 4 aliphatic rings. The first kappa shape index (κ1) is 92.1. The van der Waals surface area contributed by atoms with Crippen LogP contribution in [0.25, 0.3) is 0 Å². The lowest BCUT2D eigenvalue weighted by atomic mass is 9.94. The molecule has 648 valence electrons. The highest BCUT2D eigenvalue weighted by Crippen LogP contribution is 2.45. The number of rotatable bonds is 30. The second kappa shape index (κ2) is 41.0. The molecule has 0 spiro atoms. The standard InChI is InChI=1S/C92H104O28Si2/c1-16-52-102-87-80(120-89-82(112-62(9)98)77(110-60(7)96)73(56(3)106-89)108-58(5)94)78(115-84(99)63-38-24-17-25-39-63)74(70(113-87)53-103-121(91(10,11)12,66-44-30-20-31-45-66)67-46-32-21-33-47-67)119-90-83(117-86(101)65-42-28-19-29-43-65)79(116-85(100)64-40-26-18-27-41-64)75(118-88-81(111-61(8)97)76(109-59(6)95)72(55(2)105-88)107-57(4)93)71(114-90)54-104-122(92(13,14)15,68-48-34-22-35-49-68)69-50-36-23-37-51-69/h1,17-51,55-56,70-83,87-90H,52-54H2,2-15H3/t55-,56-,70+,71+,72-,73-,74+,75+,76+,77+,78-,79-,80+,81+,82+,83+,87+,88-,89-,90-/m0/s1. The lowest BCUT2D eigenvalue weighted by molar-refractivity contribution is -0.390. The summed E-state index contributed by atoms with van der Waals surface area (Å²) in [6.07, 6.45) is -29.8. The third-order valence-electron chi connectivity index (χ3n) is 21.2. The van der Waals surface area contributed by atoms with Crippen LogP contribution in [0, 0.1) is 12.3 Å². The van der Waals surface area contributed by atoms with Gasteiger partial charge in [0.05, 0.1) is 42.1 Å². The second-order valence-electron chi connectivity index (χ2n) is 31.9. The Hall–Kier alpha value is -10.6. The average molecular weight is 1710 g/mol. The molecule has 122 heavy (non-hydrogen) atoms. The first-order valence-electron chi connectivity index (χ1n) is 40.2. The van der Waals surface area contributed by atoms with E-state index in [2.05, 4.69) is 5.92 Å². The number of terminal acetylenes is 1. The second-order valence-corrected chi connectivity index (χ2v) is 40.5. The summed E-state index contributed by atoms with van der Waals surface area (Å²) in [7, 11) is -7.64. The summed E-state index contributed by atoms with van der Waals surface area (Å²) in [6.45, 7) is 20.0. The van der Waals surface area contributed by atoms with E-state index in [4.69, 9.17) is 95.8 Å². The van der Waals surface area contributed by atoms with Gasteiger partial charge >= 0.3 is 53.7 Å². The molecule has 11 rings (SSSR count). The largest absolute Gasteiger partial charge is 0.456 e. The van der Waals surface area contributed by atoms with E-state index < -0.39 is 223 Å². The van der Waals surface area contributed by atoms with E-state index in [0.29, 0.717) is 0 Å². The summed E-state index contributed by atoms with van der Waals surface area (Å²) < 4.78 is 129. The zero-order valence-corrected chi connectivity index (χ0v) is 72.4. The SMILES string of the molecule is C#CCO[C@@H]1O[C@H](CO[Si](c2ccccc2)(c2ccccc2)C(C)(C)C)[C@@H](O[C@@H]2O[C@H](CO[Si](c3ccccc3)(c3ccccc3)C(C)(C)C)[C@@H](O[C@@H]3O[C@@H](C)[C@H](OC(C)=O)[C@@H](OC(C)=O)[C@H]3OC(C)=O)[C@H](OC(=O)c3ccccc3)[C@H]2OC(=O)c2ccccc2)[C@H](OC(=O)c2ccccc2)[C@H]1O[C@@H]1O[C@@H](C)[C@H](OC(C)=O)[C@@H](OC(C)=O)[C@H]1OC(C)=O. The highest BCUT2D eigenvalue weighted by atomic mass is 28.4. The summed E-state index contributed by atoms with van der Waals surface area (Å²) in [4.78, 5) is 127. The molecule has 0 N–H and O–H groups in total. The molecule has 20 atom stereocenters. The minimum absolute atomic E-state index is 0.0318. The highest BCUT2D eigenvalue weighted by molar-refractivity contribution is 7.00.